The summed E-state index contributed by atoms with van der Waals surface area (Å²) >= 11 is 0. The number of carbonyl (C=O) groups is 1. The molecule has 1 unspecified atom stereocenters. The fourth-order valence-corrected chi connectivity index (χ4v) is 3.41. The molecule has 0 fully saturated rings. The summed E-state index contributed by atoms with van der Waals surface area (Å²) in [5, 5.41) is 20.7. The fourth-order valence-electron chi connectivity index (χ4n) is 3.41. The van der Waals surface area contributed by atoms with Gasteiger partial charge >= 0.3 is 0 Å². The van der Waals surface area contributed by atoms with Crippen molar-refractivity contribution in [1.29, 1.82) is 0 Å². The van der Waals surface area contributed by atoms with Crippen molar-refractivity contribution in [3.63, 3.8) is 0 Å². The van der Waals surface area contributed by atoms with E-state index in [0.717, 1.165) is 0 Å². The minimum atomic E-state index is -0.500. The molecule has 0 spiro atoms. The van der Waals surface area contributed by atoms with Gasteiger partial charge in [0.15, 0.2) is 5.78 Å². The standard InChI is InChI=1S/C20H22O6/c1-10-17(22)16-18(23)13(9-26-20(16)11(2)19(10)25-4)7-12-5-6-14(24-3)8-15(12)21/h5-6,8,13,21-22H,7,9H2,1-4H3. The summed E-state index contributed by atoms with van der Waals surface area (Å²) in [4.78, 5) is 13.0. The molecule has 0 saturated heterocycles. The lowest BCUT2D eigenvalue weighted by Gasteiger charge is -2.28. The number of carbonyl (C=O) groups excluding carboxylic acids is 1. The number of phenols is 2. The van der Waals surface area contributed by atoms with Crippen LogP contribution in [-0.4, -0.2) is 36.8 Å². The number of ether oxygens (including phenoxy) is 3. The van der Waals surface area contributed by atoms with Gasteiger partial charge in [-0.05, 0) is 31.9 Å². The molecular weight excluding hydrogens is 336 g/mol. The molecule has 0 amide bonds. The number of aromatic hydroxyl groups is 2. The second-order valence-corrected chi connectivity index (χ2v) is 6.41. The molecule has 0 bridgehead atoms. The first-order valence-corrected chi connectivity index (χ1v) is 8.32. The van der Waals surface area contributed by atoms with Crippen molar-refractivity contribution in [2.45, 2.75) is 20.3 Å². The van der Waals surface area contributed by atoms with E-state index in [1.807, 2.05) is 0 Å². The van der Waals surface area contributed by atoms with Gasteiger partial charge in [0, 0.05) is 17.2 Å². The van der Waals surface area contributed by atoms with Gasteiger partial charge in [-0.3, -0.25) is 4.79 Å². The van der Waals surface area contributed by atoms with Crippen LogP contribution in [-0.2, 0) is 6.42 Å². The molecule has 2 aromatic rings. The second-order valence-electron chi connectivity index (χ2n) is 6.41. The first kappa shape index (κ1) is 17.9. The number of hydrogen-bond donors (Lipinski definition) is 2. The van der Waals surface area contributed by atoms with E-state index in [1.165, 1.54) is 20.3 Å². The summed E-state index contributed by atoms with van der Waals surface area (Å²) in [6.07, 6.45) is 0.303. The van der Waals surface area contributed by atoms with Gasteiger partial charge in [-0.2, -0.15) is 0 Å². The van der Waals surface area contributed by atoms with Crippen LogP contribution in [0.5, 0.6) is 28.7 Å². The van der Waals surface area contributed by atoms with Crippen molar-refractivity contribution < 1.29 is 29.2 Å². The molecule has 2 N–H and O–H groups in total. The van der Waals surface area contributed by atoms with Crippen LogP contribution in [0.25, 0.3) is 0 Å². The highest BCUT2D eigenvalue weighted by Gasteiger charge is 2.35. The minimum absolute atomic E-state index is 0.0641. The Kier molecular flexibility index (Phi) is 4.68. The number of benzene rings is 2. The van der Waals surface area contributed by atoms with Gasteiger partial charge in [-0.15, -0.1) is 0 Å². The molecule has 138 valence electrons. The van der Waals surface area contributed by atoms with Crippen LogP contribution in [0.3, 0.4) is 0 Å². The Morgan fingerprint density at radius 1 is 1.15 bits per heavy atom. The lowest BCUT2D eigenvalue weighted by molar-refractivity contribution is 0.0824. The summed E-state index contributed by atoms with van der Waals surface area (Å²) in [6.45, 7) is 3.67. The molecule has 1 aliphatic rings. The largest absolute Gasteiger partial charge is 0.508 e. The average Bonchev–Trinajstić information content (AvgIpc) is 2.63. The van der Waals surface area contributed by atoms with E-state index >= 15 is 0 Å². The molecule has 1 aliphatic heterocycles. The van der Waals surface area contributed by atoms with Gasteiger partial charge in [0.1, 0.15) is 34.3 Å². The molecule has 0 aromatic heterocycles. The molecule has 6 heteroatoms. The number of Topliss-reactive ketones (excluding diaryl/α,β-unsaturated/α-hetero) is 1. The van der Waals surface area contributed by atoms with Crippen molar-refractivity contribution in [1.82, 2.24) is 0 Å². The lowest BCUT2D eigenvalue weighted by atomic mass is 9.86. The maximum atomic E-state index is 13.0. The Morgan fingerprint density at radius 3 is 2.50 bits per heavy atom. The fraction of sp³-hybridized carbons (Fsp3) is 0.350. The molecular formula is C20H22O6. The van der Waals surface area contributed by atoms with Crippen LogP contribution in [0.1, 0.15) is 27.0 Å². The van der Waals surface area contributed by atoms with Crippen LogP contribution in [0, 0.1) is 19.8 Å². The van der Waals surface area contributed by atoms with Gasteiger partial charge in [0.2, 0.25) is 0 Å². The normalized spacial score (nSPS) is 16.0. The number of hydrogen-bond acceptors (Lipinski definition) is 6. The van der Waals surface area contributed by atoms with Crippen molar-refractivity contribution in [2.75, 3.05) is 20.8 Å². The van der Waals surface area contributed by atoms with Crippen molar-refractivity contribution in [3.8, 4) is 28.7 Å². The van der Waals surface area contributed by atoms with E-state index in [0.29, 0.717) is 40.4 Å². The predicted molar refractivity (Wildman–Crippen MR) is 95.8 cm³/mol. The van der Waals surface area contributed by atoms with E-state index in [-0.39, 0.29) is 29.5 Å². The zero-order valence-electron chi connectivity index (χ0n) is 15.3. The monoisotopic (exact) mass is 358 g/mol. The zero-order chi connectivity index (χ0) is 19.0. The molecule has 1 heterocycles. The smallest absolute Gasteiger partial charge is 0.177 e. The zero-order valence-corrected chi connectivity index (χ0v) is 15.3. The van der Waals surface area contributed by atoms with E-state index in [1.54, 1.807) is 26.0 Å². The number of methoxy groups -OCH3 is 2. The van der Waals surface area contributed by atoms with Gasteiger partial charge in [0.05, 0.1) is 26.7 Å². The minimum Gasteiger partial charge on any atom is -0.508 e. The number of fused-ring (bicyclic) bond motifs is 1. The molecule has 0 saturated carbocycles. The van der Waals surface area contributed by atoms with E-state index in [9.17, 15) is 15.0 Å². The van der Waals surface area contributed by atoms with Crippen LogP contribution in [0.4, 0.5) is 0 Å². The van der Waals surface area contributed by atoms with E-state index in [2.05, 4.69) is 0 Å². The first-order valence-electron chi connectivity index (χ1n) is 8.32. The highest BCUT2D eigenvalue weighted by molar-refractivity contribution is 6.05. The Balaban J connectivity index is 1.96. The summed E-state index contributed by atoms with van der Waals surface area (Å²) in [5.74, 6) is 0.669. The lowest BCUT2D eigenvalue weighted by Crippen LogP contribution is -2.30. The second kappa shape index (κ2) is 6.78. The predicted octanol–water partition coefficient (Wildman–Crippen LogP) is 3.17. The molecule has 0 radical (unpaired) electrons. The number of rotatable bonds is 4. The topological polar surface area (TPSA) is 85.2 Å². The van der Waals surface area contributed by atoms with Gasteiger partial charge < -0.3 is 24.4 Å². The maximum absolute atomic E-state index is 13.0. The molecule has 26 heavy (non-hydrogen) atoms. The Morgan fingerprint density at radius 2 is 1.88 bits per heavy atom. The number of phenolic OH excluding ortho intramolecular Hbond substituents is 2. The molecule has 1 atom stereocenters. The van der Waals surface area contributed by atoms with Gasteiger partial charge in [-0.1, -0.05) is 6.07 Å². The summed E-state index contributed by atoms with van der Waals surface area (Å²) in [5.41, 5.74) is 2.01. The summed E-state index contributed by atoms with van der Waals surface area (Å²) in [7, 11) is 3.03. The molecule has 3 rings (SSSR count). The van der Waals surface area contributed by atoms with Gasteiger partial charge in [-0.25, -0.2) is 0 Å². The summed E-state index contributed by atoms with van der Waals surface area (Å²) in [6, 6.07) is 4.96. The first-order chi connectivity index (χ1) is 12.4. The van der Waals surface area contributed by atoms with E-state index in [4.69, 9.17) is 14.2 Å². The van der Waals surface area contributed by atoms with Crippen molar-refractivity contribution >= 4 is 5.78 Å². The van der Waals surface area contributed by atoms with Gasteiger partial charge in [0.25, 0.3) is 0 Å². The SMILES string of the molecule is COc1ccc(CC2COc3c(C)c(OC)c(C)c(O)c3C2=O)c(O)c1. The number of ketones is 1. The summed E-state index contributed by atoms with van der Waals surface area (Å²) < 4.78 is 16.2. The molecule has 6 nitrogen and oxygen atoms in total. The van der Waals surface area contributed by atoms with Crippen LogP contribution < -0.4 is 14.2 Å². The third kappa shape index (κ3) is 2.81. The highest BCUT2D eigenvalue weighted by atomic mass is 16.5. The quantitative estimate of drug-likeness (QED) is 0.873. The van der Waals surface area contributed by atoms with Crippen LogP contribution >= 0.6 is 0 Å². The van der Waals surface area contributed by atoms with Crippen LogP contribution in [0.15, 0.2) is 18.2 Å². The highest BCUT2D eigenvalue weighted by Crippen LogP contribution is 2.45. The molecule has 0 aliphatic carbocycles. The average molecular weight is 358 g/mol. The third-order valence-corrected chi connectivity index (χ3v) is 4.85. The Labute approximate surface area is 151 Å². The Bertz CT molecular complexity index is 871. The maximum Gasteiger partial charge on any atom is 0.177 e. The van der Waals surface area contributed by atoms with Crippen molar-refractivity contribution in [3.05, 3.63) is 40.5 Å². The van der Waals surface area contributed by atoms with Crippen molar-refractivity contribution in [2.24, 2.45) is 5.92 Å². The third-order valence-electron chi connectivity index (χ3n) is 4.85. The van der Waals surface area contributed by atoms with E-state index < -0.39 is 5.92 Å². The Hall–Kier alpha value is -2.89. The molecule has 2 aromatic carbocycles. The van der Waals surface area contributed by atoms with Crippen LogP contribution in [0.2, 0.25) is 0 Å².